The Morgan fingerprint density at radius 2 is 2.36 bits per heavy atom. The van der Waals surface area contributed by atoms with Gasteiger partial charge in [-0.2, -0.15) is 0 Å². The zero-order valence-corrected chi connectivity index (χ0v) is 9.67. The van der Waals surface area contributed by atoms with Gasteiger partial charge in [0.25, 0.3) is 0 Å². The van der Waals surface area contributed by atoms with Gasteiger partial charge in [-0.3, -0.25) is 0 Å². The predicted molar refractivity (Wildman–Crippen MR) is 57.6 cm³/mol. The maximum absolute atomic E-state index is 3.69. The van der Waals surface area contributed by atoms with Gasteiger partial charge in [0.05, 0.1) is 0 Å². The third-order valence-corrected chi connectivity index (χ3v) is 3.50. The van der Waals surface area contributed by atoms with Gasteiger partial charge in [0, 0.05) is 0 Å². The molecule has 0 spiro atoms. The van der Waals surface area contributed by atoms with E-state index in [0.717, 1.165) is 12.8 Å². The van der Waals surface area contributed by atoms with Crippen LogP contribution >= 0.6 is 11.8 Å². The van der Waals surface area contributed by atoms with Crippen LogP contribution in [-0.2, 0) is 0 Å². The van der Waals surface area contributed by atoms with Crippen LogP contribution in [-0.4, -0.2) is 25.1 Å². The second-order valence-corrected chi connectivity index (χ2v) is 5.21. The third kappa shape index (κ3) is 8.39. The van der Waals surface area contributed by atoms with Gasteiger partial charge in [0.15, 0.2) is 0 Å². The van der Waals surface area contributed by atoms with E-state index in [4.69, 9.17) is 0 Å². The zero-order chi connectivity index (χ0) is 8.53. The molecule has 0 aliphatic rings. The van der Waals surface area contributed by atoms with Gasteiger partial charge in [0.1, 0.15) is 0 Å². The molecule has 0 saturated carbocycles. The van der Waals surface area contributed by atoms with E-state index in [1.54, 1.807) is 0 Å². The summed E-state index contributed by atoms with van der Waals surface area (Å²) in [5, 5.41) is 0. The van der Waals surface area contributed by atoms with E-state index in [0.29, 0.717) is 0 Å². The summed E-state index contributed by atoms with van der Waals surface area (Å²) in [6, 6.07) is 0. The van der Waals surface area contributed by atoms with Gasteiger partial charge >= 0.3 is 82.1 Å². The van der Waals surface area contributed by atoms with Crippen molar-refractivity contribution in [2.75, 3.05) is 5.75 Å². The standard InChI is InChI=1S/C9H16SSe/c1-3-5-7-9(11)10-8-6-4-2/h3H,1,4-8H2,2H3. The van der Waals surface area contributed by atoms with E-state index in [-0.39, 0.29) is 0 Å². The minimum absolute atomic E-state index is 1.10. The Bertz CT molecular complexity index is 121. The predicted octanol–water partition coefficient (Wildman–Crippen LogP) is 2.78. The van der Waals surface area contributed by atoms with E-state index in [2.05, 4.69) is 29.1 Å². The van der Waals surface area contributed by atoms with E-state index in [9.17, 15) is 0 Å². The monoisotopic (exact) mass is 236 g/mol. The van der Waals surface area contributed by atoms with E-state index >= 15 is 0 Å². The summed E-state index contributed by atoms with van der Waals surface area (Å²) in [5.74, 6) is 1.26. The molecule has 0 amide bonds. The number of rotatable bonds is 7. The fraction of sp³-hybridized carbons (Fsp3) is 0.667. The Morgan fingerprint density at radius 3 is 2.91 bits per heavy atom. The molecule has 0 atom stereocenters. The normalized spacial score (nSPS) is 9.55. The van der Waals surface area contributed by atoms with Crippen molar-refractivity contribution in [3.05, 3.63) is 12.7 Å². The van der Waals surface area contributed by atoms with E-state index in [1.165, 1.54) is 22.3 Å². The van der Waals surface area contributed by atoms with Gasteiger partial charge in [-0.1, -0.05) is 0 Å². The average molecular weight is 235 g/mol. The van der Waals surface area contributed by atoms with Crippen molar-refractivity contribution in [3.8, 4) is 0 Å². The van der Waals surface area contributed by atoms with Crippen LogP contribution in [0.15, 0.2) is 12.7 Å². The van der Waals surface area contributed by atoms with Crippen LogP contribution in [0.4, 0.5) is 0 Å². The first-order valence-electron chi connectivity index (χ1n) is 4.07. The molecule has 0 nitrogen and oxygen atoms in total. The molecule has 0 aliphatic heterocycles. The van der Waals surface area contributed by atoms with Crippen molar-refractivity contribution in [2.24, 2.45) is 0 Å². The first-order valence-corrected chi connectivity index (χ1v) is 5.92. The van der Waals surface area contributed by atoms with Crippen LogP contribution in [0.2, 0.25) is 0 Å². The van der Waals surface area contributed by atoms with Crippen molar-refractivity contribution < 1.29 is 0 Å². The summed E-state index contributed by atoms with van der Waals surface area (Å²) in [6.45, 7) is 5.92. The molecule has 2 heteroatoms. The van der Waals surface area contributed by atoms with Crippen LogP contribution < -0.4 is 0 Å². The van der Waals surface area contributed by atoms with Crippen LogP contribution in [0.5, 0.6) is 0 Å². The van der Waals surface area contributed by atoms with Crippen molar-refractivity contribution in [2.45, 2.75) is 32.6 Å². The molecule has 0 aromatic carbocycles. The van der Waals surface area contributed by atoms with Gasteiger partial charge in [-0.15, -0.1) is 0 Å². The van der Waals surface area contributed by atoms with E-state index < -0.39 is 0 Å². The van der Waals surface area contributed by atoms with Crippen LogP contribution in [0, 0.1) is 0 Å². The molecule has 11 heavy (non-hydrogen) atoms. The molecule has 0 rings (SSSR count). The third-order valence-electron chi connectivity index (χ3n) is 1.31. The first-order chi connectivity index (χ1) is 5.31. The molecule has 64 valence electrons. The molecule has 0 bridgehead atoms. The first kappa shape index (κ1) is 11.5. The Morgan fingerprint density at radius 1 is 1.64 bits per heavy atom. The second kappa shape index (κ2) is 8.57. The van der Waals surface area contributed by atoms with Crippen LogP contribution in [0.1, 0.15) is 32.6 Å². The van der Waals surface area contributed by atoms with Crippen molar-refractivity contribution in [1.29, 1.82) is 0 Å². The Balaban J connectivity index is 3.15. The topological polar surface area (TPSA) is 0 Å². The van der Waals surface area contributed by atoms with Crippen molar-refractivity contribution in [3.63, 3.8) is 0 Å². The summed E-state index contributed by atoms with van der Waals surface area (Å²) in [4.78, 5) is 0. The van der Waals surface area contributed by atoms with Crippen LogP contribution in [0.3, 0.4) is 0 Å². The average Bonchev–Trinajstić information content (AvgIpc) is 2.01. The number of allylic oxidation sites excluding steroid dienone is 1. The molecular formula is C9H16SSe. The number of unbranched alkanes of at least 4 members (excludes halogenated alkanes) is 1. The Labute approximate surface area is 82.2 Å². The summed E-state index contributed by atoms with van der Waals surface area (Å²) in [6.07, 6.45) is 6.84. The Kier molecular flexibility index (Phi) is 8.95. The molecule has 0 saturated heterocycles. The summed E-state index contributed by atoms with van der Waals surface area (Å²) < 4.78 is 1.43. The molecule has 0 aliphatic carbocycles. The molecule has 0 unspecified atom stereocenters. The van der Waals surface area contributed by atoms with E-state index in [1.807, 2.05) is 17.8 Å². The number of hydrogen-bond donors (Lipinski definition) is 0. The summed E-state index contributed by atoms with van der Waals surface area (Å²) in [5.41, 5.74) is 0. The molecular weight excluding hydrogens is 219 g/mol. The fourth-order valence-corrected chi connectivity index (χ4v) is 2.32. The van der Waals surface area contributed by atoms with Gasteiger partial charge in [-0.05, 0) is 0 Å². The molecule has 0 N–H and O–H groups in total. The summed E-state index contributed by atoms with van der Waals surface area (Å²) >= 11 is 5.06. The fourth-order valence-electron chi connectivity index (χ4n) is 0.622. The maximum atomic E-state index is 3.69. The quantitative estimate of drug-likeness (QED) is 0.371. The Hall–Kier alpha value is 0.479. The second-order valence-electron chi connectivity index (χ2n) is 2.40. The zero-order valence-electron chi connectivity index (χ0n) is 7.14. The van der Waals surface area contributed by atoms with Crippen LogP contribution in [0.25, 0.3) is 0 Å². The molecule has 0 aromatic heterocycles. The summed E-state index contributed by atoms with van der Waals surface area (Å²) in [7, 11) is 0. The van der Waals surface area contributed by atoms with Crippen molar-refractivity contribution >= 4 is 31.1 Å². The SMILES string of the molecule is C=CCCC(=[Se])SCCCC. The molecule has 0 aromatic rings. The van der Waals surface area contributed by atoms with Gasteiger partial charge in [0.2, 0.25) is 0 Å². The molecule has 0 fully saturated rings. The molecule has 0 radical (unpaired) electrons. The number of hydrogen-bond acceptors (Lipinski definition) is 1. The molecule has 0 heterocycles. The van der Waals surface area contributed by atoms with Crippen molar-refractivity contribution in [1.82, 2.24) is 0 Å². The van der Waals surface area contributed by atoms with Gasteiger partial charge < -0.3 is 0 Å². The van der Waals surface area contributed by atoms with Gasteiger partial charge in [-0.25, -0.2) is 0 Å². The number of thioether (sulfide) groups is 1. The minimum atomic E-state index is 1.10.